The van der Waals surface area contributed by atoms with Crippen molar-refractivity contribution in [3.8, 4) is 0 Å². The third kappa shape index (κ3) is 2.58. The van der Waals surface area contributed by atoms with Crippen molar-refractivity contribution in [1.82, 2.24) is 10.3 Å². The van der Waals surface area contributed by atoms with Gasteiger partial charge in [0, 0.05) is 11.1 Å². The molecule has 1 aliphatic rings. The molecule has 0 spiro atoms. The van der Waals surface area contributed by atoms with Crippen LogP contribution < -0.4 is 5.32 Å². The summed E-state index contributed by atoms with van der Waals surface area (Å²) in [7, 11) is 0. The maximum atomic E-state index is 12.4. The summed E-state index contributed by atoms with van der Waals surface area (Å²) >= 11 is 2.56. The molecule has 0 radical (unpaired) electrons. The lowest BCUT2D eigenvalue weighted by molar-refractivity contribution is 0.0701. The van der Waals surface area contributed by atoms with E-state index in [9.17, 15) is 9.59 Å². The molecule has 0 aromatic carbocycles. The molecule has 3 rings (SSSR count). The summed E-state index contributed by atoms with van der Waals surface area (Å²) in [6, 6.07) is 3.02. The van der Waals surface area contributed by atoms with E-state index < -0.39 is 5.97 Å². The van der Waals surface area contributed by atoms with Gasteiger partial charge in [-0.1, -0.05) is 0 Å². The zero-order chi connectivity index (χ0) is 15.0. The highest BCUT2D eigenvalue weighted by atomic mass is 32.1. The minimum atomic E-state index is -1.01. The van der Waals surface area contributed by atoms with Gasteiger partial charge in [0.25, 0.3) is 5.91 Å². The number of carboxylic acid groups (broad SMARTS) is 1. The summed E-state index contributed by atoms with van der Waals surface area (Å²) in [5, 5.41) is 14.9. The summed E-state index contributed by atoms with van der Waals surface area (Å²) in [6.45, 7) is 1.94. The zero-order valence-electron chi connectivity index (χ0n) is 11.4. The Bertz CT molecular complexity index is 701. The van der Waals surface area contributed by atoms with E-state index in [0.717, 1.165) is 41.3 Å². The molecule has 110 valence electrons. The SMILES string of the molecule is Cc1csc(C2(NC(=O)c3ccc(C(=O)O)s3)CCC2)n1. The van der Waals surface area contributed by atoms with Gasteiger partial charge in [0.05, 0.1) is 10.4 Å². The quantitative estimate of drug-likeness (QED) is 0.907. The number of aromatic carboxylic acids is 1. The molecule has 0 atom stereocenters. The molecule has 2 N–H and O–H groups in total. The first-order valence-electron chi connectivity index (χ1n) is 6.58. The number of carboxylic acids is 1. The van der Waals surface area contributed by atoms with Gasteiger partial charge in [-0.25, -0.2) is 9.78 Å². The Morgan fingerprint density at radius 3 is 2.52 bits per heavy atom. The number of aromatic nitrogens is 1. The molecule has 2 heterocycles. The molecule has 5 nitrogen and oxygen atoms in total. The highest BCUT2D eigenvalue weighted by Gasteiger charge is 2.42. The highest BCUT2D eigenvalue weighted by molar-refractivity contribution is 7.15. The number of carbonyl (C=O) groups excluding carboxylic acids is 1. The van der Waals surface area contributed by atoms with E-state index in [1.165, 1.54) is 6.07 Å². The number of aryl methyl sites for hydroxylation is 1. The first-order valence-corrected chi connectivity index (χ1v) is 8.28. The first-order chi connectivity index (χ1) is 10.00. The fraction of sp³-hybridized carbons (Fsp3) is 0.357. The molecule has 1 aliphatic carbocycles. The molecule has 1 fully saturated rings. The van der Waals surface area contributed by atoms with Crippen LogP contribution in [0.25, 0.3) is 0 Å². The lowest BCUT2D eigenvalue weighted by atomic mass is 9.77. The molecule has 0 aliphatic heterocycles. The number of nitrogens with zero attached hydrogens (tertiary/aromatic N) is 1. The van der Waals surface area contributed by atoms with Crippen LogP contribution in [-0.4, -0.2) is 22.0 Å². The fourth-order valence-electron chi connectivity index (χ4n) is 2.35. The monoisotopic (exact) mass is 322 g/mol. The summed E-state index contributed by atoms with van der Waals surface area (Å²) in [5.74, 6) is -1.23. The third-order valence-electron chi connectivity index (χ3n) is 3.63. The average molecular weight is 322 g/mol. The summed E-state index contributed by atoms with van der Waals surface area (Å²) in [6.07, 6.45) is 2.81. The van der Waals surface area contributed by atoms with E-state index in [0.29, 0.717) is 4.88 Å². The van der Waals surface area contributed by atoms with Crippen molar-refractivity contribution in [2.24, 2.45) is 0 Å². The summed E-state index contributed by atoms with van der Waals surface area (Å²) in [5.41, 5.74) is 0.587. The smallest absolute Gasteiger partial charge is 0.345 e. The lowest BCUT2D eigenvalue weighted by Gasteiger charge is -2.40. The Balaban J connectivity index is 1.80. The van der Waals surface area contributed by atoms with Crippen LogP contribution in [0.1, 0.15) is 49.3 Å². The van der Waals surface area contributed by atoms with Crippen molar-refractivity contribution in [2.45, 2.75) is 31.7 Å². The van der Waals surface area contributed by atoms with Crippen LogP contribution in [0.2, 0.25) is 0 Å². The van der Waals surface area contributed by atoms with E-state index in [4.69, 9.17) is 5.11 Å². The topological polar surface area (TPSA) is 79.3 Å². The van der Waals surface area contributed by atoms with Crippen molar-refractivity contribution >= 4 is 34.6 Å². The van der Waals surface area contributed by atoms with Crippen molar-refractivity contribution in [1.29, 1.82) is 0 Å². The number of hydrogen-bond acceptors (Lipinski definition) is 5. The average Bonchev–Trinajstić information content (AvgIpc) is 3.02. The van der Waals surface area contributed by atoms with Gasteiger partial charge in [-0.3, -0.25) is 4.79 Å². The van der Waals surface area contributed by atoms with Gasteiger partial charge in [-0.05, 0) is 38.3 Å². The lowest BCUT2D eigenvalue weighted by Crippen LogP contribution is -2.50. The highest BCUT2D eigenvalue weighted by Crippen LogP contribution is 2.42. The first kappa shape index (κ1) is 14.2. The molecule has 7 heteroatoms. The van der Waals surface area contributed by atoms with Crippen LogP contribution in [0, 0.1) is 6.92 Å². The molecule has 2 aromatic rings. The van der Waals surface area contributed by atoms with Crippen molar-refractivity contribution in [2.75, 3.05) is 0 Å². The van der Waals surface area contributed by atoms with Crippen molar-refractivity contribution in [3.05, 3.63) is 38.0 Å². The van der Waals surface area contributed by atoms with E-state index in [-0.39, 0.29) is 16.3 Å². The van der Waals surface area contributed by atoms with Crippen LogP contribution in [0.3, 0.4) is 0 Å². The van der Waals surface area contributed by atoms with Gasteiger partial charge in [0.15, 0.2) is 0 Å². The number of nitrogens with one attached hydrogen (secondary N) is 1. The number of thiazole rings is 1. The molecule has 0 saturated heterocycles. The number of amides is 1. The van der Waals surface area contributed by atoms with Crippen LogP contribution in [0.15, 0.2) is 17.5 Å². The predicted octanol–water partition coefficient (Wildman–Crippen LogP) is 3.02. The largest absolute Gasteiger partial charge is 0.477 e. The second-order valence-electron chi connectivity index (χ2n) is 5.15. The van der Waals surface area contributed by atoms with Crippen molar-refractivity contribution < 1.29 is 14.7 Å². The van der Waals surface area contributed by atoms with Gasteiger partial charge < -0.3 is 10.4 Å². The van der Waals surface area contributed by atoms with E-state index in [1.807, 2.05) is 12.3 Å². The van der Waals surface area contributed by atoms with E-state index >= 15 is 0 Å². The molecule has 0 bridgehead atoms. The normalized spacial score (nSPS) is 16.2. The molecular formula is C14H14N2O3S2. The number of hydrogen-bond donors (Lipinski definition) is 2. The Labute approximate surface area is 129 Å². The molecule has 0 unspecified atom stereocenters. The van der Waals surface area contributed by atoms with Crippen LogP contribution in [0.4, 0.5) is 0 Å². The maximum absolute atomic E-state index is 12.4. The maximum Gasteiger partial charge on any atom is 0.345 e. The van der Waals surface area contributed by atoms with Crippen molar-refractivity contribution in [3.63, 3.8) is 0 Å². The predicted molar refractivity (Wildman–Crippen MR) is 81.1 cm³/mol. The van der Waals surface area contributed by atoms with Gasteiger partial charge >= 0.3 is 5.97 Å². The number of carbonyl (C=O) groups is 2. The second-order valence-corrected chi connectivity index (χ2v) is 7.09. The molecule has 1 amide bonds. The number of thiophene rings is 1. The molecule has 2 aromatic heterocycles. The third-order valence-corrected chi connectivity index (χ3v) is 5.87. The Kier molecular flexibility index (Phi) is 3.54. The van der Waals surface area contributed by atoms with Crippen LogP contribution in [-0.2, 0) is 5.54 Å². The van der Waals surface area contributed by atoms with Crippen LogP contribution >= 0.6 is 22.7 Å². The Morgan fingerprint density at radius 2 is 2.05 bits per heavy atom. The fourth-order valence-corrected chi connectivity index (χ4v) is 4.10. The minimum Gasteiger partial charge on any atom is -0.477 e. The van der Waals surface area contributed by atoms with E-state index in [2.05, 4.69) is 10.3 Å². The standard InChI is InChI=1S/C14H14N2O3S2/c1-8-7-20-13(15-8)14(5-2-6-14)16-11(17)9-3-4-10(21-9)12(18)19/h3-4,7H,2,5-6H2,1H3,(H,16,17)(H,18,19). The summed E-state index contributed by atoms with van der Waals surface area (Å²) < 4.78 is 0. The minimum absolute atomic E-state index is 0.174. The zero-order valence-corrected chi connectivity index (χ0v) is 13.0. The van der Waals surface area contributed by atoms with E-state index in [1.54, 1.807) is 17.4 Å². The Hall–Kier alpha value is -1.73. The summed E-state index contributed by atoms with van der Waals surface area (Å²) in [4.78, 5) is 28.3. The van der Waals surface area contributed by atoms with Gasteiger partial charge in [-0.2, -0.15) is 0 Å². The van der Waals surface area contributed by atoms with Gasteiger partial charge in [-0.15, -0.1) is 22.7 Å². The van der Waals surface area contributed by atoms with Gasteiger partial charge in [0.2, 0.25) is 0 Å². The van der Waals surface area contributed by atoms with Crippen LogP contribution in [0.5, 0.6) is 0 Å². The van der Waals surface area contributed by atoms with Gasteiger partial charge in [0.1, 0.15) is 9.88 Å². The second kappa shape index (κ2) is 5.23. The molecular weight excluding hydrogens is 308 g/mol. The molecule has 1 saturated carbocycles. The molecule has 21 heavy (non-hydrogen) atoms. The number of rotatable bonds is 4. The Morgan fingerprint density at radius 1 is 1.33 bits per heavy atom.